The van der Waals surface area contributed by atoms with Gasteiger partial charge in [0.15, 0.2) is 16.3 Å². The summed E-state index contributed by atoms with van der Waals surface area (Å²) in [5.41, 5.74) is 0.444. The summed E-state index contributed by atoms with van der Waals surface area (Å²) < 4.78 is 9.00. The number of fused-ring (bicyclic) bond motifs is 1. The molecular formula is C18H19ClN4O4S. The molecule has 0 aliphatic carbocycles. The summed E-state index contributed by atoms with van der Waals surface area (Å²) in [6, 6.07) is 6.95. The van der Waals surface area contributed by atoms with E-state index in [1.807, 2.05) is 0 Å². The number of carbonyl (C=O) groups excluding carboxylic acids is 1. The third-order valence-electron chi connectivity index (χ3n) is 4.20. The van der Waals surface area contributed by atoms with Gasteiger partial charge in [-0.25, -0.2) is 9.78 Å². The fraction of sp³-hybridized carbons (Fsp3) is 0.333. The van der Waals surface area contributed by atoms with Crippen LogP contribution in [0.4, 0.5) is 0 Å². The van der Waals surface area contributed by atoms with Gasteiger partial charge in [0.1, 0.15) is 0 Å². The zero-order valence-electron chi connectivity index (χ0n) is 15.6. The molecule has 10 heteroatoms. The average molecular weight is 423 g/mol. The molecule has 2 aromatic heterocycles. The van der Waals surface area contributed by atoms with Gasteiger partial charge in [0.2, 0.25) is 0 Å². The number of imidazole rings is 1. The van der Waals surface area contributed by atoms with E-state index in [1.165, 1.54) is 4.57 Å². The number of nitrogens with zero attached hydrogens (tertiary/aromatic N) is 4. The van der Waals surface area contributed by atoms with Crippen LogP contribution in [0.15, 0.2) is 39.0 Å². The molecule has 0 fully saturated rings. The lowest BCUT2D eigenvalue weighted by Gasteiger charge is -2.09. The van der Waals surface area contributed by atoms with Crippen LogP contribution in [0.1, 0.15) is 12.5 Å². The molecule has 0 bridgehead atoms. The van der Waals surface area contributed by atoms with E-state index in [4.69, 9.17) is 16.3 Å². The summed E-state index contributed by atoms with van der Waals surface area (Å²) in [5, 5.41) is 1.04. The second-order valence-corrected chi connectivity index (χ2v) is 7.46. The molecule has 8 nitrogen and oxygen atoms in total. The Hall–Kier alpha value is -2.52. The number of ether oxygens (including phenoxy) is 1. The SMILES string of the molecule is CCOC(=O)CSc1nc2c(c(=O)n(Cc3ccc(Cl)cc3)c(=O)n2C)n1C. The predicted octanol–water partition coefficient (Wildman–Crippen LogP) is 1.79. The lowest BCUT2D eigenvalue weighted by atomic mass is 10.2. The van der Waals surface area contributed by atoms with E-state index in [2.05, 4.69) is 4.98 Å². The molecule has 0 saturated carbocycles. The molecule has 0 spiro atoms. The van der Waals surface area contributed by atoms with E-state index >= 15 is 0 Å². The van der Waals surface area contributed by atoms with Crippen LogP contribution in [-0.4, -0.2) is 37.0 Å². The minimum absolute atomic E-state index is 0.0674. The Bertz CT molecular complexity index is 1150. The monoisotopic (exact) mass is 422 g/mol. The Morgan fingerprint density at radius 3 is 2.50 bits per heavy atom. The Balaban J connectivity index is 2.04. The molecule has 1 aromatic carbocycles. The fourth-order valence-corrected chi connectivity index (χ4v) is 3.68. The lowest BCUT2D eigenvalue weighted by Crippen LogP contribution is -2.39. The molecule has 0 aliphatic rings. The van der Waals surface area contributed by atoms with E-state index in [9.17, 15) is 14.4 Å². The van der Waals surface area contributed by atoms with Crippen LogP contribution in [0.2, 0.25) is 5.02 Å². The van der Waals surface area contributed by atoms with Crippen molar-refractivity contribution in [3.8, 4) is 0 Å². The standard InChI is InChI=1S/C18H19ClN4O4S/c1-4-27-13(24)10-28-17-20-15-14(21(17)2)16(25)23(18(26)22(15)3)9-11-5-7-12(19)8-6-11/h5-8H,4,9-10H2,1-3H3. The van der Waals surface area contributed by atoms with E-state index in [-0.39, 0.29) is 23.9 Å². The molecule has 0 N–H and O–H groups in total. The summed E-state index contributed by atoms with van der Waals surface area (Å²) in [4.78, 5) is 41.7. The van der Waals surface area contributed by atoms with Gasteiger partial charge in [-0.15, -0.1) is 0 Å². The molecule has 0 unspecified atom stereocenters. The van der Waals surface area contributed by atoms with Crippen LogP contribution in [0.25, 0.3) is 11.2 Å². The van der Waals surface area contributed by atoms with Crippen molar-refractivity contribution < 1.29 is 9.53 Å². The molecule has 0 amide bonds. The van der Waals surface area contributed by atoms with Gasteiger partial charge >= 0.3 is 11.7 Å². The molecule has 0 radical (unpaired) electrons. The van der Waals surface area contributed by atoms with Crippen LogP contribution in [0, 0.1) is 0 Å². The highest BCUT2D eigenvalue weighted by atomic mass is 35.5. The molecule has 0 atom stereocenters. The molecule has 148 valence electrons. The van der Waals surface area contributed by atoms with E-state index in [0.29, 0.717) is 22.3 Å². The van der Waals surface area contributed by atoms with Crippen molar-refractivity contribution in [2.75, 3.05) is 12.4 Å². The number of aromatic nitrogens is 4. The van der Waals surface area contributed by atoms with Gasteiger partial charge in [-0.2, -0.15) is 0 Å². The quantitative estimate of drug-likeness (QED) is 0.444. The smallest absolute Gasteiger partial charge is 0.332 e. The molecule has 28 heavy (non-hydrogen) atoms. The van der Waals surface area contributed by atoms with Crippen molar-refractivity contribution in [1.29, 1.82) is 0 Å². The van der Waals surface area contributed by atoms with Gasteiger partial charge < -0.3 is 9.30 Å². The summed E-state index contributed by atoms with van der Waals surface area (Å²) in [6.07, 6.45) is 0. The number of benzene rings is 1. The molecular weight excluding hydrogens is 404 g/mol. The number of esters is 1. The number of halogens is 1. The highest BCUT2D eigenvalue weighted by molar-refractivity contribution is 7.99. The zero-order valence-corrected chi connectivity index (χ0v) is 17.2. The van der Waals surface area contributed by atoms with Crippen LogP contribution >= 0.6 is 23.4 Å². The summed E-state index contributed by atoms with van der Waals surface area (Å²) in [7, 11) is 3.25. The first-order valence-corrected chi connectivity index (χ1v) is 9.89. The number of hydrogen-bond acceptors (Lipinski definition) is 6. The second-order valence-electron chi connectivity index (χ2n) is 6.08. The topological polar surface area (TPSA) is 88.1 Å². The Kier molecular flexibility index (Phi) is 5.95. The maximum absolute atomic E-state index is 13.0. The second kappa shape index (κ2) is 8.24. The van der Waals surface area contributed by atoms with Gasteiger partial charge in [-0.1, -0.05) is 35.5 Å². The minimum Gasteiger partial charge on any atom is -0.465 e. The molecule has 2 heterocycles. The van der Waals surface area contributed by atoms with Gasteiger partial charge in [0, 0.05) is 19.1 Å². The first kappa shape index (κ1) is 20.2. The molecule has 0 aliphatic heterocycles. The maximum atomic E-state index is 13.0. The summed E-state index contributed by atoms with van der Waals surface area (Å²) in [5.74, 6) is -0.300. The average Bonchev–Trinajstić information content (AvgIpc) is 3.00. The first-order chi connectivity index (χ1) is 13.3. The van der Waals surface area contributed by atoms with Crippen LogP contribution < -0.4 is 11.2 Å². The van der Waals surface area contributed by atoms with Crippen molar-refractivity contribution in [2.45, 2.75) is 18.6 Å². The first-order valence-electron chi connectivity index (χ1n) is 8.52. The zero-order chi connectivity index (χ0) is 20.4. The van der Waals surface area contributed by atoms with E-state index < -0.39 is 11.2 Å². The van der Waals surface area contributed by atoms with Gasteiger partial charge in [-0.3, -0.25) is 18.7 Å². The van der Waals surface area contributed by atoms with Crippen molar-refractivity contribution in [3.63, 3.8) is 0 Å². The third-order valence-corrected chi connectivity index (χ3v) is 5.45. The number of carbonyl (C=O) groups is 1. The highest BCUT2D eigenvalue weighted by Crippen LogP contribution is 2.20. The Labute approximate surface area is 169 Å². The van der Waals surface area contributed by atoms with Gasteiger partial charge in [0.25, 0.3) is 5.56 Å². The largest absolute Gasteiger partial charge is 0.465 e. The summed E-state index contributed by atoms with van der Waals surface area (Å²) in [6.45, 7) is 2.15. The summed E-state index contributed by atoms with van der Waals surface area (Å²) >= 11 is 7.05. The Morgan fingerprint density at radius 2 is 1.86 bits per heavy atom. The molecule has 3 rings (SSSR count). The van der Waals surface area contributed by atoms with Gasteiger partial charge in [0.05, 0.1) is 18.9 Å². The van der Waals surface area contributed by atoms with E-state index in [0.717, 1.165) is 21.9 Å². The predicted molar refractivity (Wildman–Crippen MR) is 108 cm³/mol. The Morgan fingerprint density at radius 1 is 1.18 bits per heavy atom. The van der Waals surface area contributed by atoms with Crippen LogP contribution in [0.5, 0.6) is 0 Å². The molecule has 0 saturated heterocycles. The minimum atomic E-state index is -0.465. The normalized spacial score (nSPS) is 11.1. The van der Waals surface area contributed by atoms with Crippen molar-refractivity contribution in [2.24, 2.45) is 14.1 Å². The van der Waals surface area contributed by atoms with Gasteiger partial charge in [-0.05, 0) is 24.6 Å². The van der Waals surface area contributed by atoms with Crippen LogP contribution in [-0.2, 0) is 30.2 Å². The van der Waals surface area contributed by atoms with Crippen LogP contribution in [0.3, 0.4) is 0 Å². The van der Waals surface area contributed by atoms with E-state index in [1.54, 1.807) is 49.9 Å². The van der Waals surface area contributed by atoms with Crippen molar-refractivity contribution >= 4 is 40.5 Å². The molecule has 3 aromatic rings. The maximum Gasteiger partial charge on any atom is 0.332 e. The number of hydrogen-bond donors (Lipinski definition) is 0. The highest BCUT2D eigenvalue weighted by Gasteiger charge is 2.19. The number of rotatable bonds is 6. The number of aryl methyl sites for hydroxylation is 2. The number of thioether (sulfide) groups is 1. The van der Waals surface area contributed by atoms with Crippen molar-refractivity contribution in [1.82, 2.24) is 18.7 Å². The third kappa shape index (κ3) is 3.85. The lowest BCUT2D eigenvalue weighted by molar-refractivity contribution is -0.139. The fourth-order valence-electron chi connectivity index (χ4n) is 2.79. The van der Waals surface area contributed by atoms with Crippen molar-refractivity contribution in [3.05, 3.63) is 55.7 Å².